The normalized spacial score (nSPS) is 9.00. The molecule has 0 saturated heterocycles. The SMILES string of the molecule is CCc1ncn(C)c1N.Cl. The number of nitrogens with two attached hydrogens (primary N) is 1. The van der Waals surface area contributed by atoms with Gasteiger partial charge < -0.3 is 10.3 Å². The number of nitrogens with zero attached hydrogens (tertiary/aromatic N) is 2. The van der Waals surface area contributed by atoms with Gasteiger partial charge in [0.25, 0.3) is 0 Å². The highest BCUT2D eigenvalue weighted by atomic mass is 35.5. The Morgan fingerprint density at radius 1 is 1.70 bits per heavy atom. The van der Waals surface area contributed by atoms with E-state index in [2.05, 4.69) is 4.98 Å². The third-order valence-corrected chi connectivity index (χ3v) is 1.40. The Labute approximate surface area is 66.7 Å². The van der Waals surface area contributed by atoms with Crippen molar-refractivity contribution in [3.63, 3.8) is 0 Å². The van der Waals surface area contributed by atoms with E-state index < -0.39 is 0 Å². The summed E-state index contributed by atoms with van der Waals surface area (Å²) in [4.78, 5) is 4.07. The van der Waals surface area contributed by atoms with Crippen LogP contribution in [0.3, 0.4) is 0 Å². The maximum absolute atomic E-state index is 5.61. The second kappa shape index (κ2) is 3.46. The molecule has 0 spiro atoms. The Hall–Kier alpha value is -0.700. The number of halogens is 1. The summed E-state index contributed by atoms with van der Waals surface area (Å²) in [6.07, 6.45) is 2.64. The summed E-state index contributed by atoms with van der Waals surface area (Å²) in [7, 11) is 1.89. The highest BCUT2D eigenvalue weighted by Gasteiger charge is 1.99. The van der Waals surface area contributed by atoms with Crippen molar-refractivity contribution in [3.05, 3.63) is 12.0 Å². The van der Waals surface area contributed by atoms with Gasteiger partial charge in [-0.1, -0.05) is 6.92 Å². The minimum absolute atomic E-state index is 0. The molecule has 58 valence electrons. The van der Waals surface area contributed by atoms with E-state index in [1.165, 1.54) is 0 Å². The van der Waals surface area contributed by atoms with Crippen LogP contribution in [0.15, 0.2) is 6.33 Å². The first-order valence-electron chi connectivity index (χ1n) is 3.01. The van der Waals surface area contributed by atoms with Gasteiger partial charge in [0.1, 0.15) is 5.82 Å². The third kappa shape index (κ3) is 1.42. The maximum Gasteiger partial charge on any atom is 0.126 e. The lowest BCUT2D eigenvalue weighted by Gasteiger charge is -1.93. The summed E-state index contributed by atoms with van der Waals surface area (Å²) in [5.74, 6) is 0.775. The predicted octanol–water partition coefficient (Wildman–Crippen LogP) is 0.986. The van der Waals surface area contributed by atoms with Crippen LogP contribution in [0.5, 0.6) is 0 Å². The van der Waals surface area contributed by atoms with Crippen LogP contribution in [0.25, 0.3) is 0 Å². The summed E-state index contributed by atoms with van der Waals surface area (Å²) in [5, 5.41) is 0. The van der Waals surface area contributed by atoms with Gasteiger partial charge in [0, 0.05) is 7.05 Å². The molecule has 0 saturated carbocycles. The van der Waals surface area contributed by atoms with E-state index in [0.29, 0.717) is 0 Å². The fourth-order valence-corrected chi connectivity index (χ4v) is 0.761. The van der Waals surface area contributed by atoms with Gasteiger partial charge in [-0.05, 0) is 6.42 Å². The molecule has 0 atom stereocenters. The lowest BCUT2D eigenvalue weighted by molar-refractivity contribution is 0.924. The van der Waals surface area contributed by atoms with Gasteiger partial charge in [-0.3, -0.25) is 0 Å². The summed E-state index contributed by atoms with van der Waals surface area (Å²) < 4.78 is 1.82. The molecule has 0 aliphatic carbocycles. The van der Waals surface area contributed by atoms with Crippen LogP contribution in [-0.4, -0.2) is 9.55 Å². The molecule has 0 bridgehead atoms. The van der Waals surface area contributed by atoms with Crippen molar-refractivity contribution in [3.8, 4) is 0 Å². The van der Waals surface area contributed by atoms with E-state index in [-0.39, 0.29) is 12.4 Å². The molecule has 1 aromatic heterocycles. The van der Waals surface area contributed by atoms with E-state index in [1.807, 2.05) is 18.5 Å². The molecule has 1 heterocycles. The summed E-state index contributed by atoms with van der Waals surface area (Å²) in [6.45, 7) is 2.04. The van der Waals surface area contributed by atoms with Crippen LogP contribution in [-0.2, 0) is 13.5 Å². The van der Waals surface area contributed by atoms with Crippen molar-refractivity contribution in [1.82, 2.24) is 9.55 Å². The fourth-order valence-electron chi connectivity index (χ4n) is 0.761. The monoisotopic (exact) mass is 161 g/mol. The molecule has 1 aromatic rings. The molecule has 0 radical (unpaired) electrons. The quantitative estimate of drug-likeness (QED) is 0.668. The molecule has 1 rings (SSSR count). The second-order valence-corrected chi connectivity index (χ2v) is 2.04. The van der Waals surface area contributed by atoms with Crippen LogP contribution in [0, 0.1) is 0 Å². The lowest BCUT2D eigenvalue weighted by atomic mass is 10.3. The Kier molecular flexibility index (Phi) is 3.22. The molecule has 10 heavy (non-hydrogen) atoms. The standard InChI is InChI=1S/C6H11N3.ClH/c1-3-5-6(7)9(2)4-8-5;/h4H,3,7H2,1-2H3;1H. The van der Waals surface area contributed by atoms with E-state index >= 15 is 0 Å². The van der Waals surface area contributed by atoms with Gasteiger partial charge in [-0.25, -0.2) is 4.98 Å². The zero-order valence-corrected chi connectivity index (χ0v) is 6.98. The number of nitrogen functional groups attached to an aromatic ring is 1. The van der Waals surface area contributed by atoms with E-state index in [0.717, 1.165) is 17.9 Å². The maximum atomic E-state index is 5.61. The van der Waals surface area contributed by atoms with E-state index in [4.69, 9.17) is 5.73 Å². The van der Waals surface area contributed by atoms with Gasteiger partial charge >= 0.3 is 0 Å². The number of aryl methyl sites for hydroxylation is 2. The molecule has 0 aliphatic heterocycles. The molecule has 0 fully saturated rings. The topological polar surface area (TPSA) is 43.8 Å². The van der Waals surface area contributed by atoms with Gasteiger partial charge in [-0.15, -0.1) is 12.4 Å². The van der Waals surface area contributed by atoms with Crippen molar-refractivity contribution in [2.45, 2.75) is 13.3 Å². The van der Waals surface area contributed by atoms with Crippen molar-refractivity contribution < 1.29 is 0 Å². The van der Waals surface area contributed by atoms with E-state index in [1.54, 1.807) is 6.33 Å². The molecule has 0 aromatic carbocycles. The van der Waals surface area contributed by atoms with Crippen molar-refractivity contribution in [2.75, 3.05) is 5.73 Å². The Bertz CT molecular complexity index is 207. The lowest BCUT2D eigenvalue weighted by Crippen LogP contribution is -1.96. The van der Waals surface area contributed by atoms with Crippen molar-refractivity contribution in [2.24, 2.45) is 7.05 Å². The molecular weight excluding hydrogens is 150 g/mol. The van der Waals surface area contributed by atoms with Gasteiger partial charge in [0.2, 0.25) is 0 Å². The van der Waals surface area contributed by atoms with Gasteiger partial charge in [-0.2, -0.15) is 0 Å². The molecule has 4 heteroatoms. The Balaban J connectivity index is 0.000000810. The number of hydrogen-bond donors (Lipinski definition) is 1. The molecule has 2 N–H and O–H groups in total. The first kappa shape index (κ1) is 9.30. The molecule has 0 amide bonds. The third-order valence-electron chi connectivity index (χ3n) is 1.40. The van der Waals surface area contributed by atoms with Crippen LogP contribution in [0.2, 0.25) is 0 Å². The second-order valence-electron chi connectivity index (χ2n) is 2.04. The summed E-state index contributed by atoms with van der Waals surface area (Å²) in [5.41, 5.74) is 6.60. The molecule has 0 aliphatic rings. The first-order valence-corrected chi connectivity index (χ1v) is 3.01. The van der Waals surface area contributed by atoms with Gasteiger partial charge in [0.05, 0.1) is 12.0 Å². The molecule has 3 nitrogen and oxygen atoms in total. The van der Waals surface area contributed by atoms with Crippen LogP contribution >= 0.6 is 12.4 Å². The predicted molar refractivity (Wildman–Crippen MR) is 44.2 cm³/mol. The zero-order valence-electron chi connectivity index (χ0n) is 6.16. The Morgan fingerprint density at radius 2 is 2.30 bits per heavy atom. The highest BCUT2D eigenvalue weighted by molar-refractivity contribution is 5.85. The largest absolute Gasteiger partial charge is 0.384 e. The molecular formula is C6H12ClN3. The fraction of sp³-hybridized carbons (Fsp3) is 0.500. The average Bonchev–Trinajstić information content (AvgIpc) is 2.15. The van der Waals surface area contributed by atoms with E-state index in [9.17, 15) is 0 Å². The minimum Gasteiger partial charge on any atom is -0.384 e. The van der Waals surface area contributed by atoms with Crippen LogP contribution in [0.1, 0.15) is 12.6 Å². The van der Waals surface area contributed by atoms with Crippen molar-refractivity contribution in [1.29, 1.82) is 0 Å². The van der Waals surface area contributed by atoms with Gasteiger partial charge in [0.15, 0.2) is 0 Å². The Morgan fingerprint density at radius 3 is 2.50 bits per heavy atom. The highest BCUT2D eigenvalue weighted by Crippen LogP contribution is 2.06. The summed E-state index contributed by atoms with van der Waals surface area (Å²) in [6, 6.07) is 0. The first-order chi connectivity index (χ1) is 4.25. The number of aromatic nitrogens is 2. The number of rotatable bonds is 1. The number of anilines is 1. The molecule has 0 unspecified atom stereocenters. The number of imidazole rings is 1. The summed E-state index contributed by atoms with van der Waals surface area (Å²) >= 11 is 0. The van der Waals surface area contributed by atoms with Crippen LogP contribution < -0.4 is 5.73 Å². The number of hydrogen-bond acceptors (Lipinski definition) is 2. The average molecular weight is 162 g/mol. The minimum atomic E-state index is 0. The van der Waals surface area contributed by atoms with Crippen LogP contribution in [0.4, 0.5) is 5.82 Å². The zero-order chi connectivity index (χ0) is 6.85. The smallest absolute Gasteiger partial charge is 0.126 e. The van der Waals surface area contributed by atoms with Crippen molar-refractivity contribution >= 4 is 18.2 Å².